The van der Waals surface area contributed by atoms with Gasteiger partial charge in [0.15, 0.2) is 0 Å². The van der Waals surface area contributed by atoms with Crippen molar-refractivity contribution in [2.75, 3.05) is 16.8 Å². The Balaban J connectivity index is 1.78. The van der Waals surface area contributed by atoms with Gasteiger partial charge in [-0.1, -0.05) is 35.3 Å². The molecule has 0 aliphatic carbocycles. The molecule has 1 N–H and O–H groups in total. The van der Waals surface area contributed by atoms with Gasteiger partial charge in [0.1, 0.15) is 0 Å². The topological polar surface area (TPSA) is 92.5 Å². The molecule has 2 amide bonds. The summed E-state index contributed by atoms with van der Waals surface area (Å²) >= 11 is 12.2. The molecule has 2 aromatic rings. The first-order chi connectivity index (χ1) is 12.8. The predicted octanol–water partition coefficient (Wildman–Crippen LogP) is 4.20. The molecule has 140 valence electrons. The Morgan fingerprint density at radius 3 is 2.74 bits per heavy atom. The van der Waals surface area contributed by atoms with Crippen molar-refractivity contribution in [2.45, 2.75) is 13.3 Å². The molecular weight excluding hydrogens is 393 g/mol. The van der Waals surface area contributed by atoms with Crippen molar-refractivity contribution in [1.82, 2.24) is 0 Å². The SMILES string of the molecule is Cc1ccc([N+](=O)[O-])cc1NC(=O)[C@H]1CC(=O)N(c2cccc(Cl)c2Cl)C1. The van der Waals surface area contributed by atoms with Crippen LogP contribution in [0.15, 0.2) is 36.4 Å². The lowest BCUT2D eigenvalue weighted by molar-refractivity contribution is -0.384. The maximum Gasteiger partial charge on any atom is 0.271 e. The van der Waals surface area contributed by atoms with Gasteiger partial charge in [-0.15, -0.1) is 0 Å². The number of nitrogens with zero attached hydrogens (tertiary/aromatic N) is 2. The quantitative estimate of drug-likeness (QED) is 0.606. The summed E-state index contributed by atoms with van der Waals surface area (Å²) in [5, 5.41) is 14.2. The molecule has 3 rings (SSSR count). The lowest BCUT2D eigenvalue weighted by atomic mass is 10.1. The first-order valence-electron chi connectivity index (χ1n) is 8.08. The van der Waals surface area contributed by atoms with E-state index in [-0.39, 0.29) is 35.5 Å². The smallest absolute Gasteiger partial charge is 0.271 e. The van der Waals surface area contributed by atoms with Gasteiger partial charge in [0, 0.05) is 25.1 Å². The van der Waals surface area contributed by atoms with Gasteiger partial charge in [-0.25, -0.2) is 0 Å². The number of non-ortho nitro benzene ring substituents is 1. The average molecular weight is 408 g/mol. The Bertz CT molecular complexity index is 948. The predicted molar refractivity (Wildman–Crippen MR) is 103 cm³/mol. The van der Waals surface area contributed by atoms with Crippen LogP contribution in [0.3, 0.4) is 0 Å². The molecule has 0 saturated carbocycles. The summed E-state index contributed by atoms with van der Waals surface area (Å²) in [6.45, 7) is 1.88. The monoisotopic (exact) mass is 407 g/mol. The minimum absolute atomic E-state index is 0.0165. The van der Waals surface area contributed by atoms with E-state index in [1.54, 1.807) is 31.2 Å². The molecule has 1 fully saturated rings. The number of carbonyl (C=O) groups is 2. The second-order valence-electron chi connectivity index (χ2n) is 6.22. The summed E-state index contributed by atoms with van der Waals surface area (Å²) in [6.07, 6.45) is 0.0165. The summed E-state index contributed by atoms with van der Waals surface area (Å²) in [5.41, 5.74) is 1.37. The van der Waals surface area contributed by atoms with E-state index in [2.05, 4.69) is 5.32 Å². The number of carbonyl (C=O) groups excluding carboxylic acids is 2. The molecule has 1 aliphatic heterocycles. The van der Waals surface area contributed by atoms with Crippen molar-refractivity contribution >= 4 is 52.1 Å². The van der Waals surface area contributed by atoms with Crippen LogP contribution >= 0.6 is 23.2 Å². The average Bonchev–Trinajstić information content (AvgIpc) is 3.01. The molecule has 0 unspecified atom stereocenters. The summed E-state index contributed by atoms with van der Waals surface area (Å²) in [4.78, 5) is 36.8. The number of rotatable bonds is 4. The molecule has 0 radical (unpaired) electrons. The van der Waals surface area contributed by atoms with Gasteiger partial charge in [-0.05, 0) is 24.6 Å². The van der Waals surface area contributed by atoms with Crippen molar-refractivity contribution in [3.05, 3.63) is 62.1 Å². The third-order valence-electron chi connectivity index (χ3n) is 4.41. The number of aryl methyl sites for hydroxylation is 1. The van der Waals surface area contributed by atoms with E-state index >= 15 is 0 Å². The number of hydrogen-bond donors (Lipinski definition) is 1. The highest BCUT2D eigenvalue weighted by Gasteiger charge is 2.36. The Kier molecular flexibility index (Phi) is 5.34. The molecule has 1 atom stereocenters. The summed E-state index contributed by atoms with van der Waals surface area (Å²) < 4.78 is 0. The lowest BCUT2D eigenvalue weighted by Crippen LogP contribution is -2.28. The first kappa shape index (κ1) is 19.1. The van der Waals surface area contributed by atoms with Crippen LogP contribution in [0, 0.1) is 23.0 Å². The van der Waals surface area contributed by atoms with Crippen LogP contribution in [-0.2, 0) is 9.59 Å². The second kappa shape index (κ2) is 7.54. The fraction of sp³-hybridized carbons (Fsp3) is 0.222. The van der Waals surface area contributed by atoms with Crippen LogP contribution in [0.2, 0.25) is 10.0 Å². The highest BCUT2D eigenvalue weighted by atomic mass is 35.5. The van der Waals surface area contributed by atoms with Crippen molar-refractivity contribution in [1.29, 1.82) is 0 Å². The second-order valence-corrected chi connectivity index (χ2v) is 7.01. The highest BCUT2D eigenvalue weighted by Crippen LogP contribution is 2.36. The molecule has 7 nitrogen and oxygen atoms in total. The number of nitrogens with one attached hydrogen (secondary N) is 1. The van der Waals surface area contributed by atoms with Crippen molar-refractivity contribution in [2.24, 2.45) is 5.92 Å². The molecule has 0 bridgehead atoms. The number of halogens is 2. The van der Waals surface area contributed by atoms with Crippen LogP contribution in [0.5, 0.6) is 0 Å². The van der Waals surface area contributed by atoms with Gasteiger partial charge in [0.2, 0.25) is 11.8 Å². The fourth-order valence-corrected chi connectivity index (χ4v) is 3.31. The summed E-state index contributed by atoms with van der Waals surface area (Å²) in [5.74, 6) is -1.23. The molecule has 0 aromatic heterocycles. The van der Waals surface area contributed by atoms with Crippen LogP contribution in [0.4, 0.5) is 17.1 Å². The van der Waals surface area contributed by atoms with Crippen molar-refractivity contribution < 1.29 is 14.5 Å². The highest BCUT2D eigenvalue weighted by molar-refractivity contribution is 6.44. The van der Waals surface area contributed by atoms with E-state index in [1.165, 1.54) is 17.0 Å². The van der Waals surface area contributed by atoms with E-state index in [9.17, 15) is 19.7 Å². The molecule has 9 heteroatoms. The van der Waals surface area contributed by atoms with E-state index < -0.39 is 10.8 Å². The number of benzene rings is 2. The lowest BCUT2D eigenvalue weighted by Gasteiger charge is -2.18. The molecule has 1 aliphatic rings. The van der Waals surface area contributed by atoms with Gasteiger partial charge in [-0.3, -0.25) is 19.7 Å². The zero-order valence-electron chi connectivity index (χ0n) is 14.2. The van der Waals surface area contributed by atoms with Crippen LogP contribution in [-0.4, -0.2) is 23.3 Å². The first-order valence-corrected chi connectivity index (χ1v) is 8.84. The van der Waals surface area contributed by atoms with E-state index in [0.29, 0.717) is 22.0 Å². The van der Waals surface area contributed by atoms with Crippen molar-refractivity contribution in [3.63, 3.8) is 0 Å². The molecule has 1 heterocycles. The zero-order valence-corrected chi connectivity index (χ0v) is 15.8. The maximum absolute atomic E-state index is 12.6. The minimum Gasteiger partial charge on any atom is -0.325 e. The number of nitro benzene ring substituents is 1. The van der Waals surface area contributed by atoms with Crippen LogP contribution < -0.4 is 10.2 Å². The zero-order chi connectivity index (χ0) is 19.7. The molecule has 0 spiro atoms. The van der Waals surface area contributed by atoms with E-state index in [1.807, 2.05) is 0 Å². The Morgan fingerprint density at radius 1 is 1.30 bits per heavy atom. The Labute approximate surface area is 165 Å². The Morgan fingerprint density at radius 2 is 2.04 bits per heavy atom. The standard InChI is InChI=1S/C18H15Cl2N3O4/c1-10-5-6-12(23(26)27)8-14(10)21-18(25)11-7-16(24)22(9-11)15-4-2-3-13(19)17(15)20/h2-6,8,11H,7,9H2,1H3,(H,21,25)/t11-/m0/s1. The van der Waals surface area contributed by atoms with E-state index in [0.717, 1.165) is 0 Å². The van der Waals surface area contributed by atoms with Gasteiger partial charge in [0.25, 0.3) is 5.69 Å². The normalized spacial score (nSPS) is 16.5. The molecule has 27 heavy (non-hydrogen) atoms. The third kappa shape index (κ3) is 3.89. The van der Waals surface area contributed by atoms with Crippen LogP contribution in [0.1, 0.15) is 12.0 Å². The fourth-order valence-electron chi connectivity index (χ4n) is 2.91. The van der Waals surface area contributed by atoms with Crippen molar-refractivity contribution in [3.8, 4) is 0 Å². The maximum atomic E-state index is 12.6. The number of anilines is 2. The minimum atomic E-state index is -0.605. The summed E-state index contributed by atoms with van der Waals surface area (Å²) in [7, 11) is 0. The van der Waals surface area contributed by atoms with Gasteiger partial charge in [0.05, 0.1) is 32.3 Å². The molecule has 1 saturated heterocycles. The molecule has 2 aromatic carbocycles. The number of nitro groups is 1. The summed E-state index contributed by atoms with van der Waals surface area (Å²) in [6, 6.07) is 9.19. The Hall–Kier alpha value is -2.64. The van der Waals surface area contributed by atoms with Gasteiger partial charge >= 0.3 is 0 Å². The number of amides is 2. The van der Waals surface area contributed by atoms with Crippen LogP contribution in [0.25, 0.3) is 0 Å². The molecular formula is C18H15Cl2N3O4. The van der Waals surface area contributed by atoms with E-state index in [4.69, 9.17) is 23.2 Å². The van der Waals surface area contributed by atoms with Gasteiger partial charge < -0.3 is 10.2 Å². The van der Waals surface area contributed by atoms with Gasteiger partial charge in [-0.2, -0.15) is 0 Å². The largest absolute Gasteiger partial charge is 0.325 e. The number of hydrogen-bond acceptors (Lipinski definition) is 4. The third-order valence-corrected chi connectivity index (χ3v) is 5.22.